The number of aromatic nitrogens is 1. The standard InChI is InChI=1S/C39H40FN3O4S/c1-6-16-41-30-9-7-8-26(22-30)36-34(31-13-12-29(40)23-33(31)46-19-18-45-5)37-32(15-20-48-37)35(42-36)27-10-11-28-24-43(17-14-25(28)21-27)38(44)47-39(2,3)4/h6-13,15,20-23,41H,1,14,16-19,24H2,2-5H3. The van der Waals surface area contributed by atoms with Crippen molar-refractivity contribution in [3.63, 3.8) is 0 Å². The Bertz CT molecular complexity index is 1970. The van der Waals surface area contributed by atoms with Crippen molar-refractivity contribution in [2.75, 3.05) is 38.7 Å². The number of benzene rings is 3. The average molecular weight is 666 g/mol. The van der Waals surface area contributed by atoms with Crippen LogP contribution in [-0.4, -0.2) is 55.0 Å². The Morgan fingerprint density at radius 2 is 1.88 bits per heavy atom. The molecule has 0 saturated carbocycles. The van der Waals surface area contributed by atoms with Crippen molar-refractivity contribution in [3.8, 4) is 39.4 Å². The van der Waals surface area contributed by atoms with E-state index in [1.54, 1.807) is 29.4 Å². The number of carbonyl (C=O) groups is 1. The number of nitrogens with zero attached hydrogens (tertiary/aromatic N) is 2. The lowest BCUT2D eigenvalue weighted by atomic mass is 9.92. The maximum absolute atomic E-state index is 14.6. The minimum atomic E-state index is -0.547. The van der Waals surface area contributed by atoms with Gasteiger partial charge in [-0.05, 0) is 80.1 Å². The average Bonchev–Trinajstić information content (AvgIpc) is 3.56. The predicted molar refractivity (Wildman–Crippen MR) is 192 cm³/mol. The second-order valence-corrected chi connectivity index (χ2v) is 13.6. The maximum Gasteiger partial charge on any atom is 0.410 e. The van der Waals surface area contributed by atoms with E-state index in [9.17, 15) is 9.18 Å². The van der Waals surface area contributed by atoms with Gasteiger partial charge in [-0.1, -0.05) is 30.3 Å². The molecule has 0 aliphatic carbocycles. The number of thiophene rings is 1. The summed E-state index contributed by atoms with van der Waals surface area (Å²) < 4.78 is 32.6. The molecule has 0 bridgehead atoms. The van der Waals surface area contributed by atoms with Gasteiger partial charge in [-0.25, -0.2) is 14.2 Å². The Balaban J connectivity index is 1.49. The molecule has 6 rings (SSSR count). The van der Waals surface area contributed by atoms with E-state index in [0.717, 1.165) is 61.4 Å². The number of amides is 1. The van der Waals surface area contributed by atoms with E-state index in [2.05, 4.69) is 47.6 Å². The number of nitrogens with one attached hydrogen (secondary N) is 1. The molecule has 9 heteroatoms. The number of anilines is 1. The fourth-order valence-corrected chi connectivity index (χ4v) is 6.87. The summed E-state index contributed by atoms with van der Waals surface area (Å²) in [6.07, 6.45) is 2.24. The van der Waals surface area contributed by atoms with Crippen LogP contribution in [0, 0.1) is 5.82 Å². The lowest BCUT2D eigenvalue weighted by Gasteiger charge is -2.31. The van der Waals surface area contributed by atoms with Gasteiger partial charge in [-0.3, -0.25) is 0 Å². The molecule has 1 N–H and O–H groups in total. The monoisotopic (exact) mass is 665 g/mol. The minimum Gasteiger partial charge on any atom is -0.490 e. The first-order valence-corrected chi connectivity index (χ1v) is 16.9. The van der Waals surface area contributed by atoms with Crippen LogP contribution in [0.4, 0.5) is 14.9 Å². The molecule has 0 radical (unpaired) electrons. The Hall–Kier alpha value is -4.73. The summed E-state index contributed by atoms with van der Waals surface area (Å²) in [6, 6.07) is 21.3. The second kappa shape index (κ2) is 14.2. The van der Waals surface area contributed by atoms with Gasteiger partial charge in [-0.2, -0.15) is 0 Å². The second-order valence-electron chi connectivity index (χ2n) is 12.7. The SMILES string of the molecule is C=CCNc1cccc(-c2nc(-c3ccc4c(c3)CCN(C(=O)OC(C)(C)C)C4)c3ccsc3c2-c2ccc(F)cc2OCCOC)c1. The first-order valence-electron chi connectivity index (χ1n) is 16.0. The Kier molecular flexibility index (Phi) is 9.80. The minimum absolute atomic E-state index is 0.281. The maximum atomic E-state index is 14.6. The molecule has 5 aromatic rings. The van der Waals surface area contributed by atoms with Crippen molar-refractivity contribution in [1.82, 2.24) is 9.88 Å². The van der Waals surface area contributed by atoms with Crippen LogP contribution in [0.15, 0.2) is 84.8 Å². The normalized spacial score (nSPS) is 12.9. The van der Waals surface area contributed by atoms with Crippen molar-refractivity contribution in [3.05, 3.63) is 102 Å². The number of pyridine rings is 1. The van der Waals surface area contributed by atoms with Crippen LogP contribution in [0.3, 0.4) is 0 Å². The van der Waals surface area contributed by atoms with E-state index in [0.29, 0.717) is 32.0 Å². The number of fused-ring (bicyclic) bond motifs is 2. The lowest BCUT2D eigenvalue weighted by molar-refractivity contribution is 0.0224. The zero-order valence-electron chi connectivity index (χ0n) is 27.8. The number of halogens is 1. The van der Waals surface area contributed by atoms with E-state index < -0.39 is 5.60 Å². The van der Waals surface area contributed by atoms with Crippen LogP contribution >= 0.6 is 11.3 Å². The summed E-state index contributed by atoms with van der Waals surface area (Å²) in [5, 5.41) is 6.45. The van der Waals surface area contributed by atoms with E-state index in [4.69, 9.17) is 19.2 Å². The molecular formula is C39H40FN3O4S. The van der Waals surface area contributed by atoms with Gasteiger partial charge in [0, 0.05) is 70.8 Å². The molecule has 248 valence electrons. The number of hydrogen-bond donors (Lipinski definition) is 1. The zero-order valence-corrected chi connectivity index (χ0v) is 28.6. The highest BCUT2D eigenvalue weighted by atomic mass is 32.1. The summed E-state index contributed by atoms with van der Waals surface area (Å²) in [5.41, 5.74) is 7.83. The van der Waals surface area contributed by atoms with E-state index in [1.165, 1.54) is 17.7 Å². The molecule has 1 aliphatic heterocycles. The van der Waals surface area contributed by atoms with Crippen LogP contribution in [-0.2, 0) is 22.4 Å². The van der Waals surface area contributed by atoms with Gasteiger partial charge in [0.25, 0.3) is 0 Å². The van der Waals surface area contributed by atoms with Gasteiger partial charge in [0.05, 0.1) is 18.0 Å². The molecule has 2 aromatic heterocycles. The largest absolute Gasteiger partial charge is 0.490 e. The summed E-state index contributed by atoms with van der Waals surface area (Å²) >= 11 is 1.62. The van der Waals surface area contributed by atoms with Crippen LogP contribution in [0.25, 0.3) is 43.7 Å². The number of ether oxygens (including phenoxy) is 3. The van der Waals surface area contributed by atoms with E-state index in [1.807, 2.05) is 45.0 Å². The third-order valence-corrected chi connectivity index (χ3v) is 9.03. The molecule has 7 nitrogen and oxygen atoms in total. The van der Waals surface area contributed by atoms with Crippen molar-refractivity contribution in [2.45, 2.75) is 39.3 Å². The molecule has 0 saturated heterocycles. The molecule has 0 atom stereocenters. The van der Waals surface area contributed by atoms with Gasteiger partial charge >= 0.3 is 6.09 Å². The molecule has 0 unspecified atom stereocenters. The third kappa shape index (κ3) is 7.22. The topological polar surface area (TPSA) is 72.9 Å². The van der Waals surface area contributed by atoms with Crippen LogP contribution < -0.4 is 10.1 Å². The molecule has 1 aliphatic rings. The number of carbonyl (C=O) groups excluding carboxylic acids is 1. The fraction of sp³-hybridized carbons (Fsp3) is 0.282. The lowest BCUT2D eigenvalue weighted by Crippen LogP contribution is -2.39. The molecule has 0 fully saturated rings. The summed E-state index contributed by atoms with van der Waals surface area (Å²) in [7, 11) is 1.61. The fourth-order valence-electron chi connectivity index (χ4n) is 5.91. The van der Waals surface area contributed by atoms with Gasteiger partial charge in [0.15, 0.2) is 0 Å². The zero-order chi connectivity index (χ0) is 33.8. The van der Waals surface area contributed by atoms with Crippen molar-refractivity contribution in [1.29, 1.82) is 0 Å². The Labute approximate surface area is 285 Å². The van der Waals surface area contributed by atoms with Crippen LogP contribution in [0.2, 0.25) is 0 Å². The highest BCUT2D eigenvalue weighted by Crippen LogP contribution is 2.46. The number of rotatable bonds is 10. The first kappa shape index (κ1) is 33.2. The molecule has 3 heterocycles. The third-order valence-electron chi connectivity index (χ3n) is 8.10. The number of hydrogen-bond acceptors (Lipinski definition) is 7. The number of methoxy groups -OCH3 is 1. The van der Waals surface area contributed by atoms with E-state index >= 15 is 0 Å². The summed E-state index contributed by atoms with van der Waals surface area (Å²) in [4.78, 5) is 20.0. The Morgan fingerprint density at radius 3 is 2.67 bits per heavy atom. The van der Waals surface area contributed by atoms with Crippen LogP contribution in [0.5, 0.6) is 5.75 Å². The van der Waals surface area contributed by atoms with Gasteiger partial charge < -0.3 is 24.4 Å². The van der Waals surface area contributed by atoms with Crippen molar-refractivity contribution in [2.24, 2.45) is 0 Å². The van der Waals surface area contributed by atoms with Gasteiger partial charge in [-0.15, -0.1) is 17.9 Å². The molecular weight excluding hydrogens is 626 g/mol. The first-order chi connectivity index (χ1) is 23.1. The summed E-state index contributed by atoms with van der Waals surface area (Å²) in [5.74, 6) is 0.0523. The quantitative estimate of drug-likeness (QED) is 0.118. The Morgan fingerprint density at radius 1 is 1.04 bits per heavy atom. The van der Waals surface area contributed by atoms with E-state index in [-0.39, 0.29) is 18.5 Å². The predicted octanol–water partition coefficient (Wildman–Crippen LogP) is 9.35. The van der Waals surface area contributed by atoms with Gasteiger partial charge in [0.1, 0.15) is 23.8 Å². The molecule has 48 heavy (non-hydrogen) atoms. The summed E-state index contributed by atoms with van der Waals surface area (Å²) in [6.45, 7) is 11.8. The highest BCUT2D eigenvalue weighted by Gasteiger charge is 2.27. The van der Waals surface area contributed by atoms with Crippen molar-refractivity contribution >= 4 is 33.2 Å². The van der Waals surface area contributed by atoms with Crippen LogP contribution in [0.1, 0.15) is 31.9 Å². The molecule has 1 amide bonds. The highest BCUT2D eigenvalue weighted by molar-refractivity contribution is 7.18. The smallest absolute Gasteiger partial charge is 0.410 e. The molecule has 3 aromatic carbocycles. The van der Waals surface area contributed by atoms with Gasteiger partial charge in [0.2, 0.25) is 0 Å². The molecule has 0 spiro atoms. The van der Waals surface area contributed by atoms with Crippen molar-refractivity contribution < 1.29 is 23.4 Å².